The van der Waals surface area contributed by atoms with Crippen molar-refractivity contribution < 1.29 is 9.59 Å². The summed E-state index contributed by atoms with van der Waals surface area (Å²) in [6, 6.07) is -0.0417. The van der Waals surface area contributed by atoms with E-state index in [0.717, 1.165) is 12.8 Å². The van der Waals surface area contributed by atoms with Gasteiger partial charge in [-0.05, 0) is 31.1 Å². The summed E-state index contributed by atoms with van der Waals surface area (Å²) in [4.78, 5) is 28.6. The third-order valence-corrected chi connectivity index (χ3v) is 3.45. The number of hydrogen-bond acceptors (Lipinski definition) is 4. The number of hydrogen-bond donors (Lipinski definition) is 0. The normalized spacial score (nSPS) is 37.0. The van der Waals surface area contributed by atoms with Gasteiger partial charge in [0.15, 0.2) is 0 Å². The van der Waals surface area contributed by atoms with Crippen molar-refractivity contribution in [2.45, 2.75) is 52.1 Å². The molecule has 0 radical (unpaired) electrons. The van der Waals surface area contributed by atoms with Crippen molar-refractivity contribution in [3.8, 4) is 0 Å². The molecule has 3 atom stereocenters. The van der Waals surface area contributed by atoms with Crippen molar-refractivity contribution in [3.05, 3.63) is 0 Å². The van der Waals surface area contributed by atoms with Crippen molar-refractivity contribution in [1.29, 1.82) is 0 Å². The van der Waals surface area contributed by atoms with Crippen LogP contribution in [0, 0.1) is 11.3 Å². The Hall–Kier alpha value is -1.24. The van der Waals surface area contributed by atoms with Gasteiger partial charge >= 0.3 is 0 Å². The molecule has 1 fully saturated rings. The quantitative estimate of drug-likeness (QED) is 0.531. The van der Waals surface area contributed by atoms with E-state index in [2.05, 4.69) is 9.98 Å². The highest BCUT2D eigenvalue weighted by Crippen LogP contribution is 2.46. The molecule has 0 saturated heterocycles. The minimum atomic E-state index is -0.375. The number of aliphatic imine (C=N–C) groups is 2. The summed E-state index contributed by atoms with van der Waals surface area (Å²) in [7, 11) is 0. The molecule has 3 unspecified atom stereocenters. The van der Waals surface area contributed by atoms with Crippen LogP contribution in [-0.4, -0.2) is 23.7 Å². The summed E-state index contributed by atoms with van der Waals surface area (Å²) in [5, 5.41) is 0. The van der Waals surface area contributed by atoms with Gasteiger partial charge in [0.05, 0.1) is 11.6 Å². The first-order chi connectivity index (χ1) is 7.34. The molecule has 4 heteroatoms. The van der Waals surface area contributed by atoms with E-state index in [0.29, 0.717) is 0 Å². The Kier molecular flexibility index (Phi) is 3.47. The van der Waals surface area contributed by atoms with E-state index in [1.54, 1.807) is 12.2 Å². The van der Waals surface area contributed by atoms with Crippen LogP contribution in [0.4, 0.5) is 0 Å². The fourth-order valence-corrected chi connectivity index (χ4v) is 3.29. The zero-order chi connectivity index (χ0) is 12.4. The molecule has 0 bridgehead atoms. The third-order valence-electron chi connectivity index (χ3n) is 3.45. The zero-order valence-electron chi connectivity index (χ0n) is 10.3. The van der Waals surface area contributed by atoms with Gasteiger partial charge in [-0.3, -0.25) is 0 Å². The van der Waals surface area contributed by atoms with Crippen molar-refractivity contribution in [2.24, 2.45) is 21.3 Å². The Bertz CT molecular complexity index is 365. The summed E-state index contributed by atoms with van der Waals surface area (Å²) in [6.07, 6.45) is 4.78. The van der Waals surface area contributed by atoms with Gasteiger partial charge in [-0.2, -0.15) is 4.99 Å². The monoisotopic (exact) mass is 222 g/mol. The topological polar surface area (TPSA) is 58.9 Å². The van der Waals surface area contributed by atoms with Gasteiger partial charge in [-0.15, -0.1) is 0 Å². The average Bonchev–Trinajstić information content (AvgIpc) is 2.10. The third kappa shape index (κ3) is 2.46. The highest BCUT2D eigenvalue weighted by molar-refractivity contribution is 5.36. The van der Waals surface area contributed by atoms with Crippen LogP contribution in [0.5, 0.6) is 0 Å². The highest BCUT2D eigenvalue weighted by Gasteiger charge is 2.46. The lowest BCUT2D eigenvalue weighted by Crippen LogP contribution is -2.47. The first-order valence-electron chi connectivity index (χ1n) is 5.51. The van der Waals surface area contributed by atoms with Crippen molar-refractivity contribution in [2.75, 3.05) is 0 Å². The molecular formula is C12H18N2O2. The summed E-state index contributed by atoms with van der Waals surface area (Å²) < 4.78 is 0. The molecule has 0 N–H and O–H groups in total. The van der Waals surface area contributed by atoms with Crippen LogP contribution in [0.25, 0.3) is 0 Å². The predicted octanol–water partition coefficient (Wildman–Crippen LogP) is 2.24. The van der Waals surface area contributed by atoms with E-state index < -0.39 is 0 Å². The van der Waals surface area contributed by atoms with Crippen LogP contribution >= 0.6 is 0 Å². The van der Waals surface area contributed by atoms with Gasteiger partial charge in [0.2, 0.25) is 12.2 Å². The molecule has 0 heterocycles. The molecule has 88 valence electrons. The molecule has 1 aliphatic carbocycles. The van der Waals surface area contributed by atoms with Crippen molar-refractivity contribution >= 4 is 12.2 Å². The molecule has 1 saturated carbocycles. The minimum Gasteiger partial charge on any atom is -0.211 e. The lowest BCUT2D eigenvalue weighted by molar-refractivity contribution is 0.0909. The molecule has 0 aromatic carbocycles. The fourth-order valence-electron chi connectivity index (χ4n) is 3.29. The zero-order valence-corrected chi connectivity index (χ0v) is 10.3. The van der Waals surface area contributed by atoms with Gasteiger partial charge in [-0.25, -0.2) is 14.6 Å². The maximum absolute atomic E-state index is 10.4. The van der Waals surface area contributed by atoms with Crippen LogP contribution < -0.4 is 0 Å². The Morgan fingerprint density at radius 1 is 1.19 bits per heavy atom. The smallest absolute Gasteiger partial charge is 0.211 e. The first-order valence-corrected chi connectivity index (χ1v) is 5.51. The second kappa shape index (κ2) is 4.32. The van der Waals surface area contributed by atoms with Gasteiger partial charge < -0.3 is 0 Å². The van der Waals surface area contributed by atoms with Gasteiger partial charge in [-0.1, -0.05) is 20.8 Å². The van der Waals surface area contributed by atoms with E-state index in [4.69, 9.17) is 0 Å². The molecule has 0 aromatic rings. The SMILES string of the molecule is CC1CC(C)(N=C=O)CC(C)(C)C1N=C=O. The molecule has 0 aromatic heterocycles. The molecule has 0 amide bonds. The largest absolute Gasteiger partial charge is 0.235 e. The van der Waals surface area contributed by atoms with E-state index in [-0.39, 0.29) is 22.9 Å². The maximum Gasteiger partial charge on any atom is 0.235 e. The molecule has 4 nitrogen and oxygen atoms in total. The minimum absolute atomic E-state index is 0.0417. The molecule has 0 aliphatic heterocycles. The number of rotatable bonds is 2. The molecular weight excluding hydrogens is 204 g/mol. The maximum atomic E-state index is 10.4. The van der Waals surface area contributed by atoms with E-state index in [1.807, 2.05) is 27.7 Å². The Morgan fingerprint density at radius 3 is 2.25 bits per heavy atom. The fraction of sp³-hybridized carbons (Fsp3) is 0.833. The number of carbonyl (C=O) groups excluding carboxylic acids is 2. The van der Waals surface area contributed by atoms with Crippen LogP contribution in [-0.2, 0) is 9.59 Å². The Morgan fingerprint density at radius 2 is 1.81 bits per heavy atom. The van der Waals surface area contributed by atoms with E-state index >= 15 is 0 Å². The highest BCUT2D eigenvalue weighted by atomic mass is 16.1. The number of nitrogens with zero attached hydrogens (tertiary/aromatic N) is 2. The summed E-state index contributed by atoms with van der Waals surface area (Å²) >= 11 is 0. The van der Waals surface area contributed by atoms with Gasteiger partial charge in [0.1, 0.15) is 0 Å². The molecule has 16 heavy (non-hydrogen) atoms. The predicted molar refractivity (Wildman–Crippen MR) is 60.6 cm³/mol. The van der Waals surface area contributed by atoms with Crippen LogP contribution in [0.2, 0.25) is 0 Å². The Labute approximate surface area is 95.9 Å². The standard InChI is InChI=1S/C12H18N2O2/c1-9-5-12(4,14-8-16)6-11(2,3)10(9)13-7-15/h9-10H,5-6H2,1-4H3. The van der Waals surface area contributed by atoms with Crippen LogP contribution in [0.3, 0.4) is 0 Å². The molecule has 0 spiro atoms. The van der Waals surface area contributed by atoms with Crippen molar-refractivity contribution in [3.63, 3.8) is 0 Å². The van der Waals surface area contributed by atoms with Gasteiger partial charge in [0.25, 0.3) is 0 Å². The van der Waals surface area contributed by atoms with Crippen LogP contribution in [0.15, 0.2) is 9.98 Å². The second-order valence-corrected chi connectivity index (χ2v) is 5.71. The second-order valence-electron chi connectivity index (χ2n) is 5.71. The van der Waals surface area contributed by atoms with Crippen LogP contribution in [0.1, 0.15) is 40.5 Å². The first kappa shape index (κ1) is 12.8. The lowest BCUT2D eigenvalue weighted by atomic mass is 9.62. The number of isocyanates is 2. The van der Waals surface area contributed by atoms with E-state index in [9.17, 15) is 9.59 Å². The summed E-state index contributed by atoms with van der Waals surface area (Å²) in [5.41, 5.74) is -0.524. The lowest BCUT2D eigenvalue weighted by Gasteiger charge is -2.46. The summed E-state index contributed by atoms with van der Waals surface area (Å²) in [6.45, 7) is 8.08. The van der Waals surface area contributed by atoms with Gasteiger partial charge in [0, 0.05) is 0 Å². The van der Waals surface area contributed by atoms with E-state index in [1.165, 1.54) is 0 Å². The molecule has 1 aliphatic rings. The molecule has 1 rings (SSSR count). The summed E-state index contributed by atoms with van der Waals surface area (Å²) in [5.74, 6) is 0.215. The average molecular weight is 222 g/mol. The Balaban J connectivity index is 3.04. The van der Waals surface area contributed by atoms with Crippen molar-refractivity contribution in [1.82, 2.24) is 0 Å².